The topological polar surface area (TPSA) is 59.3 Å². The Morgan fingerprint density at radius 1 is 1.44 bits per heavy atom. The minimum absolute atomic E-state index is 0.274. The quantitative estimate of drug-likeness (QED) is 0.745. The van der Waals surface area contributed by atoms with Gasteiger partial charge in [0.1, 0.15) is 5.75 Å². The number of hydrogen-bond acceptors (Lipinski definition) is 4. The Morgan fingerprint density at radius 3 is 2.61 bits per heavy atom. The van der Waals surface area contributed by atoms with E-state index >= 15 is 0 Å². The van der Waals surface area contributed by atoms with E-state index in [2.05, 4.69) is 6.07 Å². The first kappa shape index (κ1) is 12.4. The molecule has 2 rings (SSSR count). The van der Waals surface area contributed by atoms with Gasteiger partial charge in [-0.1, -0.05) is 12.1 Å². The monoisotopic (exact) mass is 245 g/mol. The predicted octanol–water partition coefficient (Wildman–Crippen LogP) is 2.08. The van der Waals surface area contributed by atoms with Crippen LogP contribution in [0.1, 0.15) is 18.4 Å². The molecule has 0 aromatic heterocycles. The highest BCUT2D eigenvalue weighted by molar-refractivity contribution is 5.75. The zero-order valence-corrected chi connectivity index (χ0v) is 10.3. The van der Waals surface area contributed by atoms with Crippen LogP contribution in [0.25, 0.3) is 0 Å². The maximum absolute atomic E-state index is 11.6. The van der Waals surface area contributed by atoms with Crippen LogP contribution in [0.4, 0.5) is 0 Å². The molecule has 0 amide bonds. The van der Waals surface area contributed by atoms with Gasteiger partial charge >= 0.3 is 5.97 Å². The highest BCUT2D eigenvalue weighted by Gasteiger charge is 2.38. The van der Waals surface area contributed by atoms with E-state index in [9.17, 15) is 4.79 Å². The first-order chi connectivity index (χ1) is 8.74. The first-order valence-corrected chi connectivity index (χ1v) is 5.95. The van der Waals surface area contributed by atoms with E-state index in [1.807, 2.05) is 12.1 Å². The van der Waals surface area contributed by atoms with Gasteiger partial charge < -0.3 is 9.47 Å². The second kappa shape index (κ2) is 5.54. The lowest BCUT2D eigenvalue weighted by atomic mass is 10.1. The van der Waals surface area contributed by atoms with Gasteiger partial charge in [-0.25, -0.2) is 4.79 Å². The lowest BCUT2D eigenvalue weighted by Crippen LogP contribution is -2.30. The fourth-order valence-electron chi connectivity index (χ4n) is 1.78. The van der Waals surface area contributed by atoms with Gasteiger partial charge in [0.05, 0.1) is 19.6 Å². The van der Waals surface area contributed by atoms with Crippen molar-refractivity contribution in [3.05, 3.63) is 29.8 Å². The van der Waals surface area contributed by atoms with Gasteiger partial charge in [-0.05, 0) is 30.5 Å². The first-order valence-electron chi connectivity index (χ1n) is 5.95. The summed E-state index contributed by atoms with van der Waals surface area (Å²) < 4.78 is 10.4. The Kier molecular flexibility index (Phi) is 3.83. The largest absolute Gasteiger partial charge is 0.478 e. The molecule has 1 unspecified atom stereocenters. The number of methoxy groups -OCH3 is 1. The number of nitriles is 1. The lowest BCUT2D eigenvalue weighted by Gasteiger charge is -2.16. The number of carbonyl (C=O) groups is 1. The van der Waals surface area contributed by atoms with Crippen molar-refractivity contribution in [2.24, 2.45) is 5.92 Å². The third-order valence-electron chi connectivity index (χ3n) is 2.95. The molecule has 4 nitrogen and oxygen atoms in total. The summed E-state index contributed by atoms with van der Waals surface area (Å²) in [6.45, 7) is 0. The van der Waals surface area contributed by atoms with E-state index < -0.39 is 6.10 Å². The van der Waals surface area contributed by atoms with Gasteiger partial charge in [0.15, 0.2) is 6.10 Å². The Bertz CT molecular complexity index is 457. The highest BCUT2D eigenvalue weighted by Crippen LogP contribution is 2.35. The fraction of sp³-hybridized carbons (Fsp3) is 0.429. The van der Waals surface area contributed by atoms with E-state index in [1.54, 1.807) is 12.1 Å². The van der Waals surface area contributed by atoms with Gasteiger partial charge in [-0.15, -0.1) is 0 Å². The van der Waals surface area contributed by atoms with E-state index in [4.69, 9.17) is 14.7 Å². The maximum atomic E-state index is 11.6. The molecule has 18 heavy (non-hydrogen) atoms. The number of nitrogens with zero attached hydrogens (tertiary/aromatic N) is 1. The Labute approximate surface area is 106 Å². The minimum Gasteiger partial charge on any atom is -0.478 e. The summed E-state index contributed by atoms with van der Waals surface area (Å²) in [5.41, 5.74) is 0.936. The van der Waals surface area contributed by atoms with Crippen LogP contribution in [0.5, 0.6) is 5.75 Å². The van der Waals surface area contributed by atoms with Gasteiger partial charge in [0.25, 0.3) is 0 Å². The van der Waals surface area contributed by atoms with Crippen LogP contribution in [0.15, 0.2) is 24.3 Å². The number of esters is 1. The van der Waals surface area contributed by atoms with Crippen LogP contribution in [0.2, 0.25) is 0 Å². The van der Waals surface area contributed by atoms with Crippen LogP contribution in [0, 0.1) is 17.2 Å². The smallest absolute Gasteiger partial charge is 0.347 e. The van der Waals surface area contributed by atoms with E-state index in [0.717, 1.165) is 18.4 Å². The van der Waals surface area contributed by atoms with Crippen molar-refractivity contribution in [1.29, 1.82) is 5.26 Å². The average molecular weight is 245 g/mol. The normalized spacial score (nSPS) is 15.6. The molecule has 0 bridgehead atoms. The molecule has 1 saturated carbocycles. The summed E-state index contributed by atoms with van der Waals surface area (Å²) in [6.07, 6.45) is 1.89. The number of carbonyl (C=O) groups excluding carboxylic acids is 1. The summed E-state index contributed by atoms with van der Waals surface area (Å²) in [5, 5.41) is 8.58. The summed E-state index contributed by atoms with van der Waals surface area (Å²) in [7, 11) is 1.37. The molecule has 4 heteroatoms. The second-order valence-corrected chi connectivity index (χ2v) is 4.38. The van der Waals surface area contributed by atoms with Crippen molar-refractivity contribution in [2.75, 3.05) is 7.11 Å². The van der Waals surface area contributed by atoms with Crippen molar-refractivity contribution in [3.63, 3.8) is 0 Å². The molecule has 0 radical (unpaired) electrons. The molecule has 1 atom stereocenters. The van der Waals surface area contributed by atoms with Crippen molar-refractivity contribution in [2.45, 2.75) is 25.4 Å². The molecule has 1 aromatic carbocycles. The standard InChI is InChI=1S/C14H15NO3/c1-17-14(16)13(11-4-5-11)18-12-6-2-10(3-7-12)8-9-15/h2-3,6-7,11,13H,4-5,8H2,1H3. The SMILES string of the molecule is COC(=O)C(Oc1ccc(CC#N)cc1)C1CC1. The van der Waals surface area contributed by atoms with Crippen LogP contribution in [-0.2, 0) is 16.0 Å². The zero-order valence-electron chi connectivity index (χ0n) is 10.3. The molecule has 0 heterocycles. The molecule has 0 saturated heterocycles. The molecular formula is C14H15NO3. The van der Waals surface area contributed by atoms with Crippen molar-refractivity contribution in [1.82, 2.24) is 0 Å². The summed E-state index contributed by atoms with van der Waals surface area (Å²) in [5.74, 6) is 0.592. The summed E-state index contributed by atoms with van der Waals surface area (Å²) in [6, 6.07) is 9.32. The van der Waals surface area contributed by atoms with Crippen molar-refractivity contribution < 1.29 is 14.3 Å². The molecule has 0 spiro atoms. The number of ether oxygens (including phenoxy) is 2. The maximum Gasteiger partial charge on any atom is 0.347 e. The number of rotatable bonds is 5. The van der Waals surface area contributed by atoms with Gasteiger partial charge in [0.2, 0.25) is 0 Å². The Hall–Kier alpha value is -2.02. The van der Waals surface area contributed by atoms with Crippen LogP contribution < -0.4 is 4.74 Å². The molecule has 1 aliphatic carbocycles. The third kappa shape index (κ3) is 3.01. The van der Waals surface area contributed by atoms with E-state index in [0.29, 0.717) is 12.2 Å². The van der Waals surface area contributed by atoms with Crippen LogP contribution in [-0.4, -0.2) is 19.2 Å². The fourth-order valence-corrected chi connectivity index (χ4v) is 1.78. The Morgan fingerprint density at radius 2 is 2.11 bits per heavy atom. The molecule has 1 fully saturated rings. The summed E-state index contributed by atoms with van der Waals surface area (Å²) in [4.78, 5) is 11.6. The molecule has 1 aromatic rings. The number of hydrogen-bond donors (Lipinski definition) is 0. The number of benzene rings is 1. The van der Waals surface area contributed by atoms with Crippen LogP contribution >= 0.6 is 0 Å². The molecule has 1 aliphatic rings. The van der Waals surface area contributed by atoms with Crippen LogP contribution in [0.3, 0.4) is 0 Å². The highest BCUT2D eigenvalue weighted by atomic mass is 16.6. The van der Waals surface area contributed by atoms with Gasteiger partial charge in [-0.3, -0.25) is 0 Å². The minimum atomic E-state index is -0.503. The average Bonchev–Trinajstić information content (AvgIpc) is 3.21. The Balaban J connectivity index is 2.02. The van der Waals surface area contributed by atoms with E-state index in [-0.39, 0.29) is 11.9 Å². The molecule has 0 N–H and O–H groups in total. The van der Waals surface area contributed by atoms with Gasteiger partial charge in [0, 0.05) is 5.92 Å². The van der Waals surface area contributed by atoms with E-state index in [1.165, 1.54) is 7.11 Å². The molecule has 0 aliphatic heterocycles. The zero-order chi connectivity index (χ0) is 13.0. The van der Waals surface area contributed by atoms with Crippen molar-refractivity contribution in [3.8, 4) is 11.8 Å². The second-order valence-electron chi connectivity index (χ2n) is 4.38. The third-order valence-corrected chi connectivity index (χ3v) is 2.95. The van der Waals surface area contributed by atoms with Crippen molar-refractivity contribution >= 4 is 5.97 Å². The van der Waals surface area contributed by atoms with Gasteiger partial charge in [-0.2, -0.15) is 5.26 Å². The molecule has 94 valence electrons. The predicted molar refractivity (Wildman–Crippen MR) is 64.9 cm³/mol. The molecular weight excluding hydrogens is 230 g/mol. The lowest BCUT2D eigenvalue weighted by molar-refractivity contribution is -0.149. The summed E-state index contributed by atoms with van der Waals surface area (Å²) >= 11 is 0.